The van der Waals surface area contributed by atoms with Gasteiger partial charge < -0.3 is 15.2 Å². The maximum Gasteiger partial charge on any atom is 0.329 e. The number of carboxylic acids is 1. The minimum atomic E-state index is -0.946. The average Bonchev–Trinajstić information content (AvgIpc) is 2.67. The Kier molecular flexibility index (Phi) is 5.18. The standard InChI is InChI=1S/C12H17NO4S2/c14-10(15)6-17-8-4-2-1-3-7(8)5-9-11(16)13-12(18)19-9/h7-9H,1-6H2,(H,14,15)(H,13,16,18)/t7-,8+,9-/m1/s1. The summed E-state index contributed by atoms with van der Waals surface area (Å²) < 4.78 is 5.99. The van der Waals surface area contributed by atoms with Crippen molar-refractivity contribution in [2.75, 3.05) is 6.61 Å². The number of ether oxygens (including phenoxy) is 1. The Balaban J connectivity index is 1.90. The van der Waals surface area contributed by atoms with E-state index in [-0.39, 0.29) is 29.8 Å². The zero-order chi connectivity index (χ0) is 13.8. The number of thioether (sulfide) groups is 1. The molecule has 3 atom stereocenters. The van der Waals surface area contributed by atoms with Gasteiger partial charge in [-0.2, -0.15) is 0 Å². The minimum absolute atomic E-state index is 0.0300. The number of thiocarbonyl (C=S) groups is 1. The molecule has 0 bridgehead atoms. The van der Waals surface area contributed by atoms with Gasteiger partial charge in [0.1, 0.15) is 10.9 Å². The van der Waals surface area contributed by atoms with E-state index < -0.39 is 5.97 Å². The summed E-state index contributed by atoms with van der Waals surface area (Å²) in [6.45, 7) is -0.260. The molecule has 0 aromatic carbocycles. The molecule has 2 rings (SSSR count). The van der Waals surface area contributed by atoms with Crippen molar-refractivity contribution in [3.8, 4) is 0 Å². The first-order valence-electron chi connectivity index (χ1n) is 6.41. The smallest absolute Gasteiger partial charge is 0.329 e. The van der Waals surface area contributed by atoms with Gasteiger partial charge in [-0.25, -0.2) is 4.79 Å². The highest BCUT2D eigenvalue weighted by molar-refractivity contribution is 8.24. The fourth-order valence-corrected chi connectivity index (χ4v) is 4.04. The third-order valence-electron chi connectivity index (χ3n) is 3.54. The summed E-state index contributed by atoms with van der Waals surface area (Å²) in [5.41, 5.74) is 0. The molecule has 2 fully saturated rings. The Bertz CT molecular complexity index is 388. The molecule has 1 aliphatic carbocycles. The molecule has 0 aromatic heterocycles. The molecule has 0 radical (unpaired) electrons. The molecular formula is C12H17NO4S2. The van der Waals surface area contributed by atoms with E-state index in [4.69, 9.17) is 22.1 Å². The van der Waals surface area contributed by atoms with Gasteiger partial charge in [0.05, 0.1) is 11.4 Å². The van der Waals surface area contributed by atoms with Gasteiger partial charge in [0.25, 0.3) is 0 Å². The number of hydrogen-bond acceptors (Lipinski definition) is 5. The van der Waals surface area contributed by atoms with Crippen LogP contribution in [0.25, 0.3) is 0 Å². The summed E-state index contributed by atoms with van der Waals surface area (Å²) >= 11 is 6.37. The van der Waals surface area contributed by atoms with Crippen LogP contribution in [0.2, 0.25) is 0 Å². The molecule has 0 spiro atoms. The highest BCUT2D eigenvalue weighted by atomic mass is 32.2. The van der Waals surface area contributed by atoms with Gasteiger partial charge in [-0.05, 0) is 25.2 Å². The van der Waals surface area contributed by atoms with E-state index in [1.165, 1.54) is 11.8 Å². The first-order valence-corrected chi connectivity index (χ1v) is 7.70. The molecule has 7 heteroatoms. The van der Waals surface area contributed by atoms with Gasteiger partial charge in [-0.3, -0.25) is 4.79 Å². The predicted molar refractivity (Wildman–Crippen MR) is 76.1 cm³/mol. The van der Waals surface area contributed by atoms with Crippen LogP contribution in [-0.4, -0.2) is 39.3 Å². The monoisotopic (exact) mass is 303 g/mol. The van der Waals surface area contributed by atoms with Gasteiger partial charge in [0.15, 0.2) is 0 Å². The van der Waals surface area contributed by atoms with Crippen molar-refractivity contribution in [2.45, 2.75) is 43.5 Å². The van der Waals surface area contributed by atoms with Gasteiger partial charge in [0.2, 0.25) is 5.91 Å². The molecule has 1 aliphatic heterocycles. The Morgan fingerprint density at radius 3 is 2.84 bits per heavy atom. The Labute approximate surface area is 121 Å². The Hall–Kier alpha value is -0.660. The van der Waals surface area contributed by atoms with E-state index in [1.807, 2.05) is 0 Å². The van der Waals surface area contributed by atoms with Crippen LogP contribution >= 0.6 is 24.0 Å². The SMILES string of the molecule is O=C(O)CO[C@H]1CCCC[C@@H]1C[C@H]1SC(=S)NC1=O. The zero-order valence-corrected chi connectivity index (χ0v) is 12.1. The Morgan fingerprint density at radius 1 is 1.47 bits per heavy atom. The molecule has 1 amide bonds. The van der Waals surface area contributed by atoms with Crippen LogP contribution in [0.3, 0.4) is 0 Å². The molecule has 1 saturated heterocycles. The summed E-state index contributed by atoms with van der Waals surface area (Å²) in [5.74, 6) is -0.728. The van der Waals surface area contributed by atoms with Crippen molar-refractivity contribution >= 4 is 40.2 Å². The normalized spacial score (nSPS) is 31.3. The van der Waals surface area contributed by atoms with E-state index >= 15 is 0 Å². The largest absolute Gasteiger partial charge is 0.480 e. The van der Waals surface area contributed by atoms with Crippen molar-refractivity contribution in [2.24, 2.45) is 5.92 Å². The summed E-state index contributed by atoms with van der Waals surface area (Å²) in [6.07, 6.45) is 4.70. The average molecular weight is 303 g/mol. The number of carbonyl (C=O) groups excluding carboxylic acids is 1. The second-order valence-corrected chi connectivity index (χ2v) is 6.79. The maximum atomic E-state index is 11.7. The fraction of sp³-hybridized carbons (Fsp3) is 0.750. The number of carboxylic acid groups (broad SMARTS) is 1. The molecule has 19 heavy (non-hydrogen) atoms. The van der Waals surface area contributed by atoms with E-state index in [2.05, 4.69) is 5.32 Å². The topological polar surface area (TPSA) is 75.6 Å². The van der Waals surface area contributed by atoms with Crippen LogP contribution in [0.4, 0.5) is 0 Å². The number of rotatable bonds is 5. The summed E-state index contributed by atoms with van der Waals surface area (Å²) in [7, 11) is 0. The van der Waals surface area contributed by atoms with Crippen LogP contribution in [0.5, 0.6) is 0 Å². The lowest BCUT2D eigenvalue weighted by Gasteiger charge is -2.32. The lowest BCUT2D eigenvalue weighted by Crippen LogP contribution is -2.34. The number of amides is 1. The van der Waals surface area contributed by atoms with Crippen molar-refractivity contribution < 1.29 is 19.4 Å². The van der Waals surface area contributed by atoms with E-state index in [0.717, 1.165) is 25.7 Å². The van der Waals surface area contributed by atoms with Crippen molar-refractivity contribution in [1.82, 2.24) is 5.32 Å². The number of carbonyl (C=O) groups is 2. The van der Waals surface area contributed by atoms with Gasteiger partial charge in [-0.15, -0.1) is 0 Å². The van der Waals surface area contributed by atoms with Crippen LogP contribution in [-0.2, 0) is 14.3 Å². The van der Waals surface area contributed by atoms with Crippen LogP contribution in [0, 0.1) is 5.92 Å². The molecule has 5 nitrogen and oxygen atoms in total. The summed E-state index contributed by atoms with van der Waals surface area (Å²) in [5, 5.41) is 11.2. The van der Waals surface area contributed by atoms with Crippen molar-refractivity contribution in [3.63, 3.8) is 0 Å². The highest BCUT2D eigenvalue weighted by Crippen LogP contribution is 2.34. The third-order valence-corrected chi connectivity index (χ3v) is 4.94. The van der Waals surface area contributed by atoms with Crippen molar-refractivity contribution in [3.05, 3.63) is 0 Å². The molecular weight excluding hydrogens is 286 g/mol. The number of nitrogens with one attached hydrogen (secondary N) is 1. The quantitative estimate of drug-likeness (QED) is 0.751. The maximum absolute atomic E-state index is 11.7. The van der Waals surface area contributed by atoms with E-state index in [0.29, 0.717) is 10.7 Å². The van der Waals surface area contributed by atoms with Gasteiger partial charge >= 0.3 is 5.97 Å². The fourth-order valence-electron chi connectivity index (χ4n) is 2.66. The third kappa shape index (κ3) is 4.15. The lowest BCUT2D eigenvalue weighted by molar-refractivity contribution is -0.146. The summed E-state index contributed by atoms with van der Waals surface area (Å²) in [4.78, 5) is 22.3. The van der Waals surface area contributed by atoms with Gasteiger partial charge in [-0.1, -0.05) is 36.8 Å². The molecule has 1 heterocycles. The highest BCUT2D eigenvalue weighted by Gasteiger charge is 2.35. The minimum Gasteiger partial charge on any atom is -0.480 e. The first kappa shape index (κ1) is 14.7. The predicted octanol–water partition coefficient (Wildman–Crippen LogP) is 1.55. The molecule has 2 N–H and O–H groups in total. The zero-order valence-electron chi connectivity index (χ0n) is 10.5. The van der Waals surface area contributed by atoms with E-state index in [1.54, 1.807) is 0 Å². The van der Waals surface area contributed by atoms with Crippen LogP contribution in [0.15, 0.2) is 0 Å². The molecule has 0 unspecified atom stereocenters. The molecule has 2 aliphatic rings. The van der Waals surface area contributed by atoms with Crippen LogP contribution in [0.1, 0.15) is 32.1 Å². The second kappa shape index (κ2) is 6.67. The van der Waals surface area contributed by atoms with Gasteiger partial charge in [0, 0.05) is 0 Å². The summed E-state index contributed by atoms with van der Waals surface area (Å²) in [6, 6.07) is 0. The van der Waals surface area contributed by atoms with Crippen molar-refractivity contribution in [1.29, 1.82) is 0 Å². The molecule has 106 valence electrons. The number of aliphatic carboxylic acids is 1. The second-order valence-electron chi connectivity index (χ2n) is 4.91. The lowest BCUT2D eigenvalue weighted by atomic mass is 9.83. The molecule has 1 saturated carbocycles. The Morgan fingerprint density at radius 2 is 2.21 bits per heavy atom. The van der Waals surface area contributed by atoms with Crippen LogP contribution < -0.4 is 5.32 Å². The van der Waals surface area contributed by atoms with E-state index in [9.17, 15) is 9.59 Å². The molecule has 0 aromatic rings. The number of hydrogen-bond donors (Lipinski definition) is 2. The first-order chi connectivity index (χ1) is 9.06.